The minimum absolute atomic E-state index is 0. The van der Waals surface area contributed by atoms with E-state index in [9.17, 15) is 0 Å². The van der Waals surface area contributed by atoms with Gasteiger partial charge in [0, 0.05) is 76.3 Å². The second-order valence-electron chi connectivity index (χ2n) is 1.34. The SMILES string of the molecule is O=S(=O)(O)O.O=S(=O)(O)O.O=S(=O)(O)O.[Dy].[Dy]. The van der Waals surface area contributed by atoms with Gasteiger partial charge >= 0.3 is 31.2 Å². The third-order valence-electron chi connectivity index (χ3n) is 0. The zero-order chi connectivity index (χ0) is 13.5. The van der Waals surface area contributed by atoms with Crippen LogP contribution in [0.2, 0.25) is 0 Å². The zero-order valence-corrected chi connectivity index (χ0v) is 13.5. The normalized spacial score (nSPS) is 10.2. The summed E-state index contributed by atoms with van der Waals surface area (Å²) in [5.41, 5.74) is 0. The van der Waals surface area contributed by atoms with E-state index in [1.807, 2.05) is 0 Å². The van der Waals surface area contributed by atoms with Crippen LogP contribution in [-0.4, -0.2) is 52.6 Å². The molecule has 0 amide bonds. The molecule has 17 heteroatoms. The molecule has 0 aromatic heterocycles. The summed E-state index contributed by atoms with van der Waals surface area (Å²) in [5, 5.41) is 0. The van der Waals surface area contributed by atoms with Gasteiger partial charge in [0.25, 0.3) is 0 Å². The van der Waals surface area contributed by atoms with Crippen LogP contribution in [0.5, 0.6) is 0 Å². The first kappa shape index (κ1) is 31.5. The van der Waals surface area contributed by atoms with Gasteiger partial charge in [0.2, 0.25) is 0 Å². The molecule has 0 unspecified atom stereocenters. The first-order valence-electron chi connectivity index (χ1n) is 2.10. The van der Waals surface area contributed by atoms with Crippen molar-refractivity contribution >= 4 is 31.2 Å². The molecule has 0 heterocycles. The van der Waals surface area contributed by atoms with E-state index in [-0.39, 0.29) is 76.3 Å². The molecule has 6 N–H and O–H groups in total. The monoisotopic (exact) mass is 622 g/mol. The molecule has 116 valence electrons. The van der Waals surface area contributed by atoms with E-state index in [0.717, 1.165) is 0 Å². The van der Waals surface area contributed by atoms with Crippen LogP contribution in [0.4, 0.5) is 0 Å². The molecule has 0 aromatic rings. The Morgan fingerprint density at radius 2 is 0.412 bits per heavy atom. The summed E-state index contributed by atoms with van der Waals surface area (Å²) in [4.78, 5) is 0. The third-order valence-corrected chi connectivity index (χ3v) is 0. The van der Waals surface area contributed by atoms with Crippen LogP contribution < -0.4 is 0 Å². The molecule has 0 aliphatic heterocycles. The number of hydrogen-bond acceptors (Lipinski definition) is 6. The molecule has 0 aliphatic rings. The molecule has 0 saturated heterocycles. The summed E-state index contributed by atoms with van der Waals surface area (Å²) >= 11 is 0. The predicted octanol–water partition coefficient (Wildman–Crippen LogP) is -1.96. The van der Waals surface area contributed by atoms with Crippen molar-refractivity contribution in [3.8, 4) is 0 Å². The first-order chi connectivity index (χ1) is 6.00. The Hall–Kier alpha value is 2.16. The summed E-state index contributed by atoms with van der Waals surface area (Å²) in [6, 6.07) is 0. The Bertz CT molecular complexity index is 341. The van der Waals surface area contributed by atoms with E-state index in [1.54, 1.807) is 0 Å². The summed E-state index contributed by atoms with van der Waals surface area (Å²) in [7, 11) is -14.0. The van der Waals surface area contributed by atoms with Gasteiger partial charge in [0.1, 0.15) is 0 Å². The molecule has 0 atom stereocenters. The smallest absolute Gasteiger partial charge is 0.264 e. The molecule has 0 bridgehead atoms. The van der Waals surface area contributed by atoms with Crippen molar-refractivity contribution in [2.24, 2.45) is 0 Å². The molecule has 0 saturated carbocycles. The van der Waals surface area contributed by atoms with Gasteiger partial charge in [0.15, 0.2) is 0 Å². The Morgan fingerprint density at radius 3 is 0.412 bits per heavy atom. The maximum atomic E-state index is 8.74. The van der Waals surface area contributed by atoms with Crippen molar-refractivity contribution in [3.63, 3.8) is 0 Å². The quantitative estimate of drug-likeness (QED) is 0.163. The van der Waals surface area contributed by atoms with E-state index < -0.39 is 31.2 Å². The van der Waals surface area contributed by atoms with E-state index >= 15 is 0 Å². The van der Waals surface area contributed by atoms with Crippen molar-refractivity contribution in [1.29, 1.82) is 0 Å². The average molecular weight is 619 g/mol. The predicted molar refractivity (Wildman–Crippen MR) is 42.5 cm³/mol. The minimum Gasteiger partial charge on any atom is -0.264 e. The Labute approximate surface area is 157 Å². The van der Waals surface area contributed by atoms with Gasteiger partial charge in [-0.1, -0.05) is 0 Å². The third kappa shape index (κ3) is 1020. The molecule has 0 radical (unpaired) electrons. The molecule has 17 heavy (non-hydrogen) atoms. The fourth-order valence-corrected chi connectivity index (χ4v) is 0. The van der Waals surface area contributed by atoms with Gasteiger partial charge in [-0.25, -0.2) is 0 Å². The fraction of sp³-hybridized carbons (Fsp3) is 0. The van der Waals surface area contributed by atoms with Crippen molar-refractivity contribution in [3.05, 3.63) is 0 Å². The number of rotatable bonds is 0. The van der Waals surface area contributed by atoms with Crippen molar-refractivity contribution < 1.29 is 129 Å². The van der Waals surface area contributed by atoms with Gasteiger partial charge in [-0.15, -0.1) is 0 Å². The van der Waals surface area contributed by atoms with Crippen molar-refractivity contribution in [1.82, 2.24) is 0 Å². The van der Waals surface area contributed by atoms with E-state index in [4.69, 9.17) is 52.6 Å². The minimum atomic E-state index is -4.67. The van der Waals surface area contributed by atoms with Crippen LogP contribution in [-0.2, 0) is 31.2 Å². The molecule has 0 fully saturated rings. The molecular weight excluding hydrogens is 613 g/mol. The fourth-order valence-electron chi connectivity index (χ4n) is 0. The first-order valence-corrected chi connectivity index (χ1v) is 6.29. The largest absolute Gasteiger partial charge is 0.394 e. The summed E-state index contributed by atoms with van der Waals surface area (Å²) in [6.45, 7) is 0. The average Bonchev–Trinajstić information content (AvgIpc) is 1.41. The van der Waals surface area contributed by atoms with E-state index in [0.29, 0.717) is 0 Å². The van der Waals surface area contributed by atoms with Crippen LogP contribution in [0.25, 0.3) is 0 Å². The molecular formula is H6Dy2O12S3. The van der Waals surface area contributed by atoms with Gasteiger partial charge < -0.3 is 0 Å². The second kappa shape index (κ2) is 13.2. The van der Waals surface area contributed by atoms with Gasteiger partial charge in [0.05, 0.1) is 0 Å². The van der Waals surface area contributed by atoms with Crippen LogP contribution in [0.3, 0.4) is 0 Å². The molecule has 0 aromatic carbocycles. The summed E-state index contributed by atoms with van der Waals surface area (Å²) in [5.74, 6) is 0. The Kier molecular flexibility index (Phi) is 24.4. The van der Waals surface area contributed by atoms with E-state index in [2.05, 4.69) is 0 Å². The van der Waals surface area contributed by atoms with Gasteiger partial charge in [-0.05, 0) is 0 Å². The Morgan fingerprint density at radius 1 is 0.412 bits per heavy atom. The van der Waals surface area contributed by atoms with Crippen molar-refractivity contribution in [2.45, 2.75) is 0 Å². The standard InChI is InChI=1S/2Dy.3H2O4S/c;;3*1-5(2,3)4/h;;3*(H2,1,2,3,4). The van der Waals surface area contributed by atoms with Crippen LogP contribution in [0.15, 0.2) is 0 Å². The zero-order valence-electron chi connectivity index (χ0n) is 6.99. The van der Waals surface area contributed by atoms with Crippen molar-refractivity contribution in [2.75, 3.05) is 0 Å². The van der Waals surface area contributed by atoms with Crippen LogP contribution in [0.1, 0.15) is 0 Å². The van der Waals surface area contributed by atoms with Crippen LogP contribution in [0, 0.1) is 76.3 Å². The number of hydrogen-bond donors (Lipinski definition) is 6. The van der Waals surface area contributed by atoms with Crippen LogP contribution >= 0.6 is 0 Å². The second-order valence-corrected chi connectivity index (χ2v) is 4.03. The Balaban J connectivity index is -0.0000000400. The molecule has 12 nitrogen and oxygen atoms in total. The molecule has 0 rings (SSSR count). The maximum absolute atomic E-state index is 8.74. The van der Waals surface area contributed by atoms with E-state index in [1.165, 1.54) is 0 Å². The molecule has 0 aliphatic carbocycles. The van der Waals surface area contributed by atoms with Gasteiger partial charge in [-0.3, -0.25) is 27.3 Å². The maximum Gasteiger partial charge on any atom is 0.394 e. The summed E-state index contributed by atoms with van der Waals surface area (Å²) < 4.78 is 94.8. The summed E-state index contributed by atoms with van der Waals surface area (Å²) in [6.07, 6.45) is 0. The molecule has 0 spiro atoms. The topological polar surface area (TPSA) is 224 Å². The van der Waals surface area contributed by atoms with Gasteiger partial charge in [-0.2, -0.15) is 25.3 Å².